The van der Waals surface area contributed by atoms with Crippen LogP contribution in [-0.2, 0) is 10.2 Å². The zero-order valence-corrected chi connectivity index (χ0v) is 13.0. The Bertz CT molecular complexity index is 481. The molecule has 0 radical (unpaired) electrons. The second-order valence-corrected chi connectivity index (χ2v) is 6.81. The second kappa shape index (κ2) is 5.25. The Morgan fingerprint density at radius 1 is 1.47 bits per heavy atom. The first-order valence-corrected chi connectivity index (χ1v) is 7.40. The maximum atomic E-state index is 12.3. The highest BCUT2D eigenvalue weighted by atomic mass is 79.9. The average molecular weight is 326 g/mol. The molecule has 1 amide bonds. The first-order chi connectivity index (χ1) is 8.83. The van der Waals surface area contributed by atoms with Gasteiger partial charge in [0, 0.05) is 11.0 Å². The highest BCUT2D eigenvalue weighted by molar-refractivity contribution is 9.10. The minimum absolute atomic E-state index is 0.0501. The zero-order chi connectivity index (χ0) is 14.1. The fraction of sp³-hybridized carbons (Fsp3) is 0.533. The number of carbonyl (C=O) groups is 1. The van der Waals surface area contributed by atoms with E-state index in [1.165, 1.54) is 0 Å². The molecular formula is C15H20BrNO2. The standard InChI is InChI=1S/C15H20BrNO2/c1-14(2,11-5-3-6-12(16)9-11)13(18)17-10-15(19)7-4-8-15/h3,5-6,9,19H,4,7-8,10H2,1-2H3,(H,17,18). The highest BCUT2D eigenvalue weighted by Gasteiger charge is 2.37. The van der Waals surface area contributed by atoms with Gasteiger partial charge in [0.25, 0.3) is 0 Å². The van der Waals surface area contributed by atoms with Crippen LogP contribution in [0.15, 0.2) is 28.7 Å². The van der Waals surface area contributed by atoms with Crippen molar-refractivity contribution in [2.24, 2.45) is 0 Å². The van der Waals surface area contributed by atoms with Crippen LogP contribution in [0.5, 0.6) is 0 Å². The van der Waals surface area contributed by atoms with Crippen molar-refractivity contribution in [2.75, 3.05) is 6.54 Å². The number of benzene rings is 1. The predicted octanol–water partition coefficient (Wildman–Crippen LogP) is 2.76. The maximum Gasteiger partial charge on any atom is 0.230 e. The summed E-state index contributed by atoms with van der Waals surface area (Å²) in [6.07, 6.45) is 2.61. The van der Waals surface area contributed by atoms with Crippen LogP contribution in [0.4, 0.5) is 0 Å². The normalized spacial score (nSPS) is 17.7. The van der Waals surface area contributed by atoms with Gasteiger partial charge in [-0.05, 0) is 50.8 Å². The summed E-state index contributed by atoms with van der Waals surface area (Å²) in [7, 11) is 0. The number of hydrogen-bond donors (Lipinski definition) is 2. The minimum atomic E-state index is -0.678. The Kier molecular flexibility index (Phi) is 4.02. The SMILES string of the molecule is CC(C)(C(=O)NCC1(O)CCC1)c1cccc(Br)c1. The fourth-order valence-electron chi connectivity index (χ4n) is 2.24. The highest BCUT2D eigenvalue weighted by Crippen LogP contribution is 2.31. The van der Waals surface area contributed by atoms with Crippen LogP contribution in [0.1, 0.15) is 38.7 Å². The van der Waals surface area contributed by atoms with E-state index in [0.717, 1.165) is 29.3 Å². The van der Waals surface area contributed by atoms with Crippen LogP contribution in [0.25, 0.3) is 0 Å². The van der Waals surface area contributed by atoms with Gasteiger partial charge in [0.2, 0.25) is 5.91 Å². The summed E-state index contributed by atoms with van der Waals surface area (Å²) in [5.41, 5.74) is -0.327. The van der Waals surface area contributed by atoms with E-state index in [0.29, 0.717) is 6.54 Å². The molecule has 4 heteroatoms. The van der Waals surface area contributed by atoms with E-state index in [2.05, 4.69) is 21.2 Å². The quantitative estimate of drug-likeness (QED) is 0.894. The van der Waals surface area contributed by atoms with E-state index in [1.54, 1.807) is 0 Å². The topological polar surface area (TPSA) is 49.3 Å². The predicted molar refractivity (Wildman–Crippen MR) is 79.0 cm³/mol. The molecule has 2 N–H and O–H groups in total. The Hall–Kier alpha value is -0.870. The van der Waals surface area contributed by atoms with Crippen molar-refractivity contribution in [2.45, 2.75) is 44.1 Å². The summed E-state index contributed by atoms with van der Waals surface area (Å²) < 4.78 is 0.962. The van der Waals surface area contributed by atoms with Crippen molar-refractivity contribution in [3.05, 3.63) is 34.3 Å². The van der Waals surface area contributed by atoms with E-state index in [9.17, 15) is 9.90 Å². The van der Waals surface area contributed by atoms with E-state index in [4.69, 9.17) is 0 Å². The summed E-state index contributed by atoms with van der Waals surface area (Å²) in [5.74, 6) is -0.0501. The zero-order valence-electron chi connectivity index (χ0n) is 11.4. The van der Waals surface area contributed by atoms with Crippen molar-refractivity contribution in [1.29, 1.82) is 0 Å². The van der Waals surface area contributed by atoms with Crippen LogP contribution in [0.3, 0.4) is 0 Å². The van der Waals surface area contributed by atoms with Crippen molar-refractivity contribution < 1.29 is 9.90 Å². The number of hydrogen-bond acceptors (Lipinski definition) is 2. The lowest BCUT2D eigenvalue weighted by molar-refractivity contribution is -0.128. The minimum Gasteiger partial charge on any atom is -0.388 e. The molecule has 0 aromatic heterocycles. The lowest BCUT2D eigenvalue weighted by atomic mass is 9.79. The fourth-order valence-corrected chi connectivity index (χ4v) is 2.64. The van der Waals surface area contributed by atoms with E-state index in [-0.39, 0.29) is 5.91 Å². The smallest absolute Gasteiger partial charge is 0.230 e. The molecule has 0 saturated heterocycles. The molecule has 1 aliphatic rings. The monoisotopic (exact) mass is 325 g/mol. The molecule has 0 unspecified atom stereocenters. The third-order valence-corrected chi connectivity index (χ3v) is 4.47. The van der Waals surface area contributed by atoms with Crippen molar-refractivity contribution in [1.82, 2.24) is 5.32 Å². The second-order valence-electron chi connectivity index (χ2n) is 5.90. The van der Waals surface area contributed by atoms with Gasteiger partial charge >= 0.3 is 0 Å². The summed E-state index contributed by atoms with van der Waals surface area (Å²) >= 11 is 3.42. The van der Waals surface area contributed by atoms with Crippen molar-refractivity contribution >= 4 is 21.8 Å². The molecule has 1 aromatic rings. The van der Waals surface area contributed by atoms with Gasteiger partial charge in [-0.3, -0.25) is 4.79 Å². The van der Waals surface area contributed by atoms with Gasteiger partial charge in [-0.25, -0.2) is 0 Å². The lowest BCUT2D eigenvalue weighted by Gasteiger charge is -2.37. The number of aliphatic hydroxyl groups is 1. The molecule has 1 aromatic carbocycles. The molecule has 0 bridgehead atoms. The first-order valence-electron chi connectivity index (χ1n) is 6.60. The van der Waals surface area contributed by atoms with E-state index < -0.39 is 11.0 Å². The largest absolute Gasteiger partial charge is 0.388 e. The molecule has 3 nitrogen and oxygen atoms in total. The number of nitrogens with one attached hydrogen (secondary N) is 1. The van der Waals surface area contributed by atoms with E-state index in [1.807, 2.05) is 38.1 Å². The molecule has 1 saturated carbocycles. The first kappa shape index (κ1) is 14.5. The third-order valence-electron chi connectivity index (χ3n) is 3.98. The van der Waals surface area contributed by atoms with Crippen molar-refractivity contribution in [3.8, 4) is 0 Å². The lowest BCUT2D eigenvalue weighted by Crippen LogP contribution is -2.51. The van der Waals surface area contributed by atoms with Gasteiger partial charge in [0.1, 0.15) is 0 Å². The van der Waals surface area contributed by atoms with Gasteiger partial charge in [-0.1, -0.05) is 28.1 Å². The van der Waals surface area contributed by atoms with Gasteiger partial charge in [0.15, 0.2) is 0 Å². The average Bonchev–Trinajstić information content (AvgIpc) is 2.33. The molecule has 2 rings (SSSR count). The van der Waals surface area contributed by atoms with Crippen molar-refractivity contribution in [3.63, 3.8) is 0 Å². The number of halogens is 1. The summed E-state index contributed by atoms with van der Waals surface area (Å²) in [4.78, 5) is 12.3. The van der Waals surface area contributed by atoms with Gasteiger partial charge < -0.3 is 10.4 Å². The summed E-state index contributed by atoms with van der Waals surface area (Å²) in [6.45, 7) is 4.15. The van der Waals surface area contributed by atoms with Crippen LogP contribution in [0.2, 0.25) is 0 Å². The molecule has 0 spiro atoms. The Balaban J connectivity index is 2.04. The Morgan fingerprint density at radius 3 is 2.68 bits per heavy atom. The molecular weight excluding hydrogens is 306 g/mol. The molecule has 0 atom stereocenters. The maximum absolute atomic E-state index is 12.3. The molecule has 1 aliphatic carbocycles. The number of amides is 1. The Labute approximate surface area is 122 Å². The molecule has 19 heavy (non-hydrogen) atoms. The van der Waals surface area contributed by atoms with Gasteiger partial charge in [0.05, 0.1) is 11.0 Å². The van der Waals surface area contributed by atoms with Gasteiger partial charge in [-0.2, -0.15) is 0 Å². The molecule has 0 aliphatic heterocycles. The molecule has 0 heterocycles. The van der Waals surface area contributed by atoms with Crippen LogP contribution >= 0.6 is 15.9 Å². The summed E-state index contributed by atoms with van der Waals surface area (Å²) in [6, 6.07) is 7.77. The molecule has 104 valence electrons. The van der Waals surface area contributed by atoms with Crippen LogP contribution < -0.4 is 5.32 Å². The third kappa shape index (κ3) is 3.18. The van der Waals surface area contributed by atoms with E-state index >= 15 is 0 Å². The number of rotatable bonds is 4. The molecule has 1 fully saturated rings. The number of carbonyl (C=O) groups excluding carboxylic acids is 1. The summed E-state index contributed by atoms with van der Waals surface area (Å²) in [5, 5.41) is 12.9. The van der Waals surface area contributed by atoms with Crippen LogP contribution in [-0.4, -0.2) is 23.2 Å². The van der Waals surface area contributed by atoms with Crippen LogP contribution in [0, 0.1) is 0 Å². The van der Waals surface area contributed by atoms with Gasteiger partial charge in [-0.15, -0.1) is 0 Å². The Morgan fingerprint density at radius 2 is 2.16 bits per heavy atom.